The van der Waals surface area contributed by atoms with E-state index in [1.165, 1.54) is 0 Å². The first-order valence-electron chi connectivity index (χ1n) is 5.52. The Morgan fingerprint density at radius 2 is 0.762 bits per heavy atom. The van der Waals surface area contributed by atoms with E-state index in [9.17, 15) is 19.2 Å². The zero-order valence-electron chi connectivity index (χ0n) is 11.0. The summed E-state index contributed by atoms with van der Waals surface area (Å²) in [4.78, 5) is 44.4. The summed E-state index contributed by atoms with van der Waals surface area (Å²) >= 11 is 0. The van der Waals surface area contributed by atoms with Crippen molar-refractivity contribution in [3.8, 4) is 0 Å². The van der Waals surface area contributed by atoms with Gasteiger partial charge in [0.15, 0.2) is 0 Å². The first kappa shape index (κ1) is 21.6. The molecule has 118 valence electrons. The summed E-state index contributed by atoms with van der Waals surface area (Å²) in [5.41, 5.74) is 0. The Hall–Kier alpha value is -1.67. The van der Waals surface area contributed by atoms with Gasteiger partial charge in [0.05, 0.1) is 26.2 Å². The Balaban J connectivity index is 0. The summed E-state index contributed by atoms with van der Waals surface area (Å²) in [6.07, 6.45) is 0. The van der Waals surface area contributed by atoms with E-state index in [4.69, 9.17) is 20.4 Å². The Morgan fingerprint density at radius 1 is 0.571 bits per heavy atom. The second-order valence-corrected chi connectivity index (χ2v) is 4.00. The summed E-state index contributed by atoms with van der Waals surface area (Å²) < 4.78 is 0. The molecule has 10 nitrogen and oxygen atoms in total. The maximum atomic E-state index is 10.6. The van der Waals surface area contributed by atoms with Crippen LogP contribution >= 0.6 is 0 Å². The molecule has 0 rings (SSSR count). The fourth-order valence-corrected chi connectivity index (χ4v) is 1.48. The van der Waals surface area contributed by atoms with Gasteiger partial charge in [0.25, 0.3) is 0 Å². The average Bonchev–Trinajstić information content (AvgIpc) is 2.22. The van der Waals surface area contributed by atoms with Crippen LogP contribution in [0.3, 0.4) is 0 Å². The topological polar surface area (TPSA) is 156 Å². The number of hydrogen-bond donors (Lipinski definition) is 4. The molecule has 0 saturated heterocycles. The number of rotatable bonds is 11. The zero-order chi connectivity index (χ0) is 15.7. The number of carboxylic acids is 4. The zero-order valence-corrected chi connectivity index (χ0v) is 12.2. The third kappa shape index (κ3) is 13.1. The van der Waals surface area contributed by atoms with Crippen molar-refractivity contribution in [3.05, 3.63) is 0 Å². The van der Waals surface area contributed by atoms with Crippen LogP contribution in [0.4, 0.5) is 0 Å². The number of nitrogens with zero attached hydrogens (tertiary/aromatic N) is 2. The summed E-state index contributed by atoms with van der Waals surface area (Å²) in [5, 5.41) is 34.5. The van der Waals surface area contributed by atoms with Gasteiger partial charge >= 0.3 is 41.2 Å². The molecule has 21 heavy (non-hydrogen) atoms. The Morgan fingerprint density at radius 3 is 0.905 bits per heavy atom. The van der Waals surface area contributed by atoms with E-state index in [2.05, 4.69) is 0 Å². The molecule has 11 heteroatoms. The molecule has 0 fully saturated rings. The third-order valence-corrected chi connectivity index (χ3v) is 2.17. The summed E-state index contributed by atoms with van der Waals surface area (Å²) in [5.74, 6) is -4.91. The molecule has 0 atom stereocenters. The van der Waals surface area contributed by atoms with E-state index in [1.807, 2.05) is 0 Å². The van der Waals surface area contributed by atoms with Gasteiger partial charge < -0.3 is 20.4 Å². The largest absolute Gasteiger partial charge is 2.00 e. The van der Waals surface area contributed by atoms with Crippen LogP contribution < -0.4 is 0 Å². The van der Waals surface area contributed by atoms with Crippen molar-refractivity contribution in [3.63, 3.8) is 0 Å². The number of carbonyl (C=O) groups is 4. The van der Waals surface area contributed by atoms with Gasteiger partial charge in [0.2, 0.25) is 0 Å². The maximum absolute atomic E-state index is 10.6. The predicted octanol–water partition coefficient (Wildman–Crippen LogP) is -2.07. The van der Waals surface area contributed by atoms with Crippen molar-refractivity contribution in [2.75, 3.05) is 39.3 Å². The van der Waals surface area contributed by atoms with E-state index >= 15 is 0 Å². The molecule has 0 bridgehead atoms. The smallest absolute Gasteiger partial charge is 0.480 e. The summed E-state index contributed by atoms with van der Waals surface area (Å²) in [7, 11) is 0. The predicted molar refractivity (Wildman–Crippen MR) is 63.4 cm³/mol. The van der Waals surface area contributed by atoms with Crippen LogP contribution in [0, 0.1) is 0 Å². The third-order valence-electron chi connectivity index (χ3n) is 2.17. The van der Waals surface area contributed by atoms with Crippen molar-refractivity contribution in [1.29, 1.82) is 0 Å². The second kappa shape index (κ2) is 11.0. The van der Waals surface area contributed by atoms with Crippen LogP contribution in [0.25, 0.3) is 0 Å². The van der Waals surface area contributed by atoms with Gasteiger partial charge in [0.1, 0.15) is 0 Å². The Bertz CT molecular complexity index is 321. The molecule has 0 aliphatic heterocycles. The van der Waals surface area contributed by atoms with Gasteiger partial charge in [-0.2, -0.15) is 0 Å². The summed E-state index contributed by atoms with van der Waals surface area (Å²) in [6, 6.07) is 0. The van der Waals surface area contributed by atoms with Gasteiger partial charge in [-0.25, -0.2) is 0 Å². The van der Waals surface area contributed by atoms with E-state index < -0.39 is 50.1 Å². The van der Waals surface area contributed by atoms with Crippen molar-refractivity contribution >= 4 is 23.9 Å². The molecule has 0 unspecified atom stereocenters. The van der Waals surface area contributed by atoms with E-state index in [-0.39, 0.29) is 30.5 Å². The monoisotopic (exact) mass is 344 g/mol. The van der Waals surface area contributed by atoms with Crippen LogP contribution in [0.2, 0.25) is 0 Å². The average molecular weight is 344 g/mol. The Labute approximate surface area is 130 Å². The molecule has 0 spiro atoms. The van der Waals surface area contributed by atoms with Crippen molar-refractivity contribution in [2.24, 2.45) is 0 Å². The molecule has 0 saturated carbocycles. The SMILES string of the molecule is O=C(O)CN(CCN(CC(=O)O)CC(=O)O)CC(=O)O.[Cr+2]. The normalized spacial score (nSPS) is 10.2. The van der Waals surface area contributed by atoms with Crippen LogP contribution in [0.15, 0.2) is 0 Å². The van der Waals surface area contributed by atoms with Crippen molar-refractivity contribution in [1.82, 2.24) is 9.80 Å². The van der Waals surface area contributed by atoms with E-state index in [0.29, 0.717) is 0 Å². The fourth-order valence-electron chi connectivity index (χ4n) is 1.48. The van der Waals surface area contributed by atoms with Crippen LogP contribution in [-0.4, -0.2) is 93.4 Å². The van der Waals surface area contributed by atoms with E-state index in [0.717, 1.165) is 9.80 Å². The second-order valence-electron chi connectivity index (χ2n) is 4.00. The van der Waals surface area contributed by atoms with Gasteiger partial charge in [-0.3, -0.25) is 29.0 Å². The van der Waals surface area contributed by atoms with Crippen LogP contribution in [0.5, 0.6) is 0 Å². The van der Waals surface area contributed by atoms with E-state index in [1.54, 1.807) is 0 Å². The van der Waals surface area contributed by atoms with Gasteiger partial charge in [0, 0.05) is 13.1 Å². The molecule has 0 aliphatic carbocycles. The first-order chi connectivity index (χ1) is 9.20. The fraction of sp³-hybridized carbons (Fsp3) is 0.600. The molecule has 4 N–H and O–H groups in total. The number of hydrogen-bond acceptors (Lipinski definition) is 6. The quantitative estimate of drug-likeness (QED) is 0.328. The molecule has 0 radical (unpaired) electrons. The molecular formula is C10H16CrN2O8+2. The van der Waals surface area contributed by atoms with Gasteiger partial charge in [-0.15, -0.1) is 0 Å². The summed E-state index contributed by atoms with van der Waals surface area (Å²) in [6.45, 7) is -2.25. The number of aliphatic carboxylic acids is 4. The molecule has 0 heterocycles. The molecular weight excluding hydrogens is 328 g/mol. The maximum Gasteiger partial charge on any atom is 2.00 e. The minimum Gasteiger partial charge on any atom is -0.480 e. The molecule has 0 amide bonds. The molecule has 0 aliphatic rings. The minimum atomic E-state index is -1.23. The van der Waals surface area contributed by atoms with Gasteiger partial charge in [-0.05, 0) is 0 Å². The molecule has 0 aromatic carbocycles. The minimum absolute atomic E-state index is 0. The molecule has 0 aromatic heterocycles. The first-order valence-corrected chi connectivity index (χ1v) is 5.52. The number of carboxylic acid groups (broad SMARTS) is 4. The van der Waals surface area contributed by atoms with Crippen molar-refractivity contribution in [2.45, 2.75) is 0 Å². The van der Waals surface area contributed by atoms with Crippen LogP contribution in [0.1, 0.15) is 0 Å². The standard InChI is InChI=1S/C10H16N2O8.Cr/c13-7(14)3-11(4-8(15)16)1-2-12(5-9(17)18)6-10(19)20;/h1-6H2,(H,13,14)(H,15,16)(H,17,18)(H,19,20);/q;+2. The Kier molecular flexibility index (Phi) is 11.4. The van der Waals surface area contributed by atoms with Crippen LogP contribution in [-0.2, 0) is 36.5 Å². The molecule has 0 aromatic rings. The van der Waals surface area contributed by atoms with Gasteiger partial charge in [-0.1, -0.05) is 0 Å². The van der Waals surface area contributed by atoms with Crippen molar-refractivity contribution < 1.29 is 57.0 Å².